The van der Waals surface area contributed by atoms with Gasteiger partial charge >= 0.3 is 0 Å². The summed E-state index contributed by atoms with van der Waals surface area (Å²) in [6.45, 7) is 11.0. The topological polar surface area (TPSA) is 67.5 Å². The van der Waals surface area contributed by atoms with Gasteiger partial charge in [0.25, 0.3) is 5.56 Å². The Morgan fingerprint density at radius 3 is 2.70 bits per heavy atom. The molecule has 0 saturated heterocycles. The Kier molecular flexibility index (Phi) is 5.56. The molecule has 2 heterocycles. The minimum atomic E-state index is -0.163. The van der Waals surface area contributed by atoms with Gasteiger partial charge < -0.3 is 14.5 Å². The lowest BCUT2D eigenvalue weighted by molar-refractivity contribution is 0.240. The zero-order valence-electron chi connectivity index (χ0n) is 16.9. The van der Waals surface area contributed by atoms with Gasteiger partial charge in [-0.15, -0.1) is 0 Å². The molecular formula is C21H29N3O3. The molecule has 0 atom stereocenters. The summed E-state index contributed by atoms with van der Waals surface area (Å²) in [7, 11) is 1.65. The number of H-pyrrole nitrogens is 1. The fraction of sp³-hybridized carbons (Fsp3) is 0.524. The van der Waals surface area contributed by atoms with Crippen molar-refractivity contribution < 1.29 is 9.47 Å². The minimum absolute atomic E-state index is 0.0149. The van der Waals surface area contributed by atoms with Gasteiger partial charge in [-0.2, -0.15) is 0 Å². The smallest absolute Gasteiger partial charge is 0.255 e. The van der Waals surface area contributed by atoms with Crippen LogP contribution in [0.3, 0.4) is 0 Å². The summed E-state index contributed by atoms with van der Waals surface area (Å²) in [4.78, 5) is 22.6. The third-order valence-electron chi connectivity index (χ3n) is 4.79. The number of benzene rings is 1. The molecule has 0 radical (unpaired) electrons. The molecule has 0 unspecified atom stereocenters. The molecule has 0 amide bonds. The zero-order valence-corrected chi connectivity index (χ0v) is 16.9. The fourth-order valence-corrected chi connectivity index (χ4v) is 3.31. The summed E-state index contributed by atoms with van der Waals surface area (Å²) in [5, 5.41) is 0. The first-order valence-electron chi connectivity index (χ1n) is 9.46. The van der Waals surface area contributed by atoms with Crippen molar-refractivity contribution in [3.63, 3.8) is 0 Å². The number of hydrogen-bond donors (Lipinski definition) is 1. The van der Waals surface area contributed by atoms with Crippen molar-refractivity contribution in [2.45, 2.75) is 52.6 Å². The van der Waals surface area contributed by atoms with Crippen LogP contribution in [0, 0.1) is 0 Å². The Morgan fingerprint density at radius 2 is 2.04 bits per heavy atom. The van der Waals surface area contributed by atoms with Crippen molar-refractivity contribution in [1.82, 2.24) is 14.9 Å². The molecule has 6 heteroatoms. The van der Waals surface area contributed by atoms with Crippen LogP contribution in [0.25, 0.3) is 0 Å². The summed E-state index contributed by atoms with van der Waals surface area (Å²) in [5.41, 5.74) is 2.68. The second-order valence-electron chi connectivity index (χ2n) is 7.97. The van der Waals surface area contributed by atoms with Crippen molar-refractivity contribution in [2.75, 3.05) is 20.3 Å². The molecule has 3 rings (SSSR count). The van der Waals surface area contributed by atoms with Gasteiger partial charge in [0.2, 0.25) is 0 Å². The van der Waals surface area contributed by atoms with E-state index in [9.17, 15) is 4.79 Å². The maximum Gasteiger partial charge on any atom is 0.255 e. The van der Waals surface area contributed by atoms with Crippen molar-refractivity contribution in [3.05, 3.63) is 51.2 Å². The van der Waals surface area contributed by atoms with Gasteiger partial charge in [0, 0.05) is 31.5 Å². The van der Waals surface area contributed by atoms with Gasteiger partial charge in [0.1, 0.15) is 5.82 Å². The van der Waals surface area contributed by atoms with E-state index in [0.717, 1.165) is 53.7 Å². The molecule has 1 N–H and O–H groups in total. The highest BCUT2D eigenvalue weighted by molar-refractivity contribution is 5.43. The van der Waals surface area contributed by atoms with Crippen molar-refractivity contribution in [1.29, 1.82) is 0 Å². The van der Waals surface area contributed by atoms with Crippen LogP contribution in [-0.2, 0) is 24.9 Å². The highest BCUT2D eigenvalue weighted by Gasteiger charge is 2.25. The van der Waals surface area contributed by atoms with Gasteiger partial charge in [-0.1, -0.05) is 26.8 Å². The van der Waals surface area contributed by atoms with E-state index < -0.39 is 0 Å². The maximum atomic E-state index is 12.6. The molecule has 146 valence electrons. The summed E-state index contributed by atoms with van der Waals surface area (Å²) < 4.78 is 11.0. The van der Waals surface area contributed by atoms with Crippen LogP contribution in [0.4, 0.5) is 0 Å². The summed E-state index contributed by atoms with van der Waals surface area (Å²) >= 11 is 0. The van der Waals surface area contributed by atoms with Gasteiger partial charge in [-0.3, -0.25) is 9.69 Å². The zero-order chi connectivity index (χ0) is 19.6. The van der Waals surface area contributed by atoms with Gasteiger partial charge in [0.05, 0.1) is 25.0 Å². The average Bonchev–Trinajstić information content (AvgIpc) is 2.62. The monoisotopic (exact) mass is 371 g/mol. The quantitative estimate of drug-likeness (QED) is 0.875. The van der Waals surface area contributed by atoms with E-state index in [2.05, 4.69) is 30.7 Å². The van der Waals surface area contributed by atoms with Crippen LogP contribution in [0.1, 0.15) is 50.3 Å². The number of nitrogens with one attached hydrogen (secondary N) is 1. The second kappa shape index (κ2) is 7.72. The van der Waals surface area contributed by atoms with Gasteiger partial charge in [-0.25, -0.2) is 4.98 Å². The van der Waals surface area contributed by atoms with Crippen molar-refractivity contribution in [3.8, 4) is 11.5 Å². The van der Waals surface area contributed by atoms with E-state index in [1.165, 1.54) is 0 Å². The lowest BCUT2D eigenvalue weighted by Gasteiger charge is -2.29. The summed E-state index contributed by atoms with van der Waals surface area (Å²) in [5.74, 6) is 2.25. The summed E-state index contributed by atoms with van der Waals surface area (Å²) in [6, 6.07) is 6.00. The Hall–Kier alpha value is -2.34. The number of ether oxygens (including phenoxy) is 2. The van der Waals surface area contributed by atoms with Crippen molar-refractivity contribution >= 4 is 0 Å². The van der Waals surface area contributed by atoms with Crippen LogP contribution < -0.4 is 15.0 Å². The van der Waals surface area contributed by atoms with E-state index >= 15 is 0 Å². The third kappa shape index (κ3) is 4.33. The van der Waals surface area contributed by atoms with Crippen LogP contribution in [0.5, 0.6) is 11.5 Å². The van der Waals surface area contributed by atoms with Crippen LogP contribution in [-0.4, -0.2) is 35.1 Å². The molecule has 1 aliphatic rings. The maximum absolute atomic E-state index is 12.6. The Morgan fingerprint density at radius 1 is 1.26 bits per heavy atom. The van der Waals surface area contributed by atoms with E-state index in [1.807, 2.05) is 25.1 Å². The Labute approximate surface area is 160 Å². The van der Waals surface area contributed by atoms with Crippen LogP contribution in [0.2, 0.25) is 0 Å². The number of aromatic nitrogens is 2. The normalized spacial score (nSPS) is 14.7. The lowest BCUT2D eigenvalue weighted by Crippen LogP contribution is -2.37. The first-order valence-corrected chi connectivity index (χ1v) is 9.46. The third-order valence-corrected chi connectivity index (χ3v) is 4.79. The molecule has 0 fully saturated rings. The molecule has 27 heavy (non-hydrogen) atoms. The predicted octanol–water partition coefficient (Wildman–Crippen LogP) is 3.03. The van der Waals surface area contributed by atoms with E-state index in [-0.39, 0.29) is 11.0 Å². The molecule has 0 bridgehead atoms. The number of fused-ring (bicyclic) bond motifs is 1. The molecule has 0 spiro atoms. The first kappa shape index (κ1) is 19.4. The number of methoxy groups -OCH3 is 1. The van der Waals surface area contributed by atoms with Gasteiger partial charge in [-0.05, 0) is 24.6 Å². The number of aromatic amines is 1. The predicted molar refractivity (Wildman–Crippen MR) is 106 cm³/mol. The minimum Gasteiger partial charge on any atom is -0.493 e. The number of rotatable bonds is 5. The highest BCUT2D eigenvalue weighted by Crippen LogP contribution is 2.29. The molecule has 6 nitrogen and oxygen atoms in total. The average molecular weight is 371 g/mol. The molecule has 1 aromatic carbocycles. The molecule has 0 saturated carbocycles. The SMILES string of the molecule is CCOc1ccc(CN2CCc3nc(C(C)(C)C)[nH]c(=O)c3C2)cc1OC. The second-order valence-corrected chi connectivity index (χ2v) is 7.97. The van der Waals surface area contributed by atoms with Crippen LogP contribution in [0.15, 0.2) is 23.0 Å². The molecular weight excluding hydrogens is 342 g/mol. The molecule has 0 aliphatic carbocycles. The van der Waals surface area contributed by atoms with E-state index in [0.29, 0.717) is 13.2 Å². The number of nitrogens with zero attached hydrogens (tertiary/aromatic N) is 2. The highest BCUT2D eigenvalue weighted by atomic mass is 16.5. The summed E-state index contributed by atoms with van der Waals surface area (Å²) in [6.07, 6.45) is 0.788. The Balaban J connectivity index is 1.78. The molecule has 2 aromatic rings. The van der Waals surface area contributed by atoms with E-state index in [1.54, 1.807) is 7.11 Å². The Bertz CT molecular complexity index is 868. The largest absolute Gasteiger partial charge is 0.493 e. The molecule has 1 aliphatic heterocycles. The first-order chi connectivity index (χ1) is 12.8. The van der Waals surface area contributed by atoms with Crippen molar-refractivity contribution in [2.24, 2.45) is 0 Å². The fourth-order valence-electron chi connectivity index (χ4n) is 3.31. The number of hydrogen-bond acceptors (Lipinski definition) is 5. The lowest BCUT2D eigenvalue weighted by atomic mass is 9.95. The van der Waals surface area contributed by atoms with Gasteiger partial charge in [0.15, 0.2) is 11.5 Å². The standard InChI is InChI=1S/C21H29N3O3/c1-6-27-17-8-7-14(11-18(17)26-5)12-24-10-9-16-15(13-24)19(25)23-20(22-16)21(2,3)4/h7-8,11H,6,9-10,12-13H2,1-5H3,(H,22,23,25). The van der Waals surface area contributed by atoms with Crippen LogP contribution >= 0.6 is 0 Å². The van der Waals surface area contributed by atoms with E-state index in [4.69, 9.17) is 14.5 Å². The molecule has 1 aromatic heterocycles.